The zero-order chi connectivity index (χ0) is 24.6. The summed E-state index contributed by atoms with van der Waals surface area (Å²) in [6, 6.07) is 15.0. The average Bonchev–Trinajstić information content (AvgIpc) is 3.09. The third-order valence-corrected chi connectivity index (χ3v) is 5.95. The number of carbonyl (C=O) groups excluding carboxylic acids is 2. The Morgan fingerprint density at radius 2 is 1.68 bits per heavy atom. The fraction of sp³-hybridized carbons (Fsp3) is 0.154. The Hall–Kier alpha value is -3.97. The van der Waals surface area contributed by atoms with Gasteiger partial charge in [-0.2, -0.15) is 0 Å². The van der Waals surface area contributed by atoms with E-state index < -0.39 is 17.7 Å². The van der Waals surface area contributed by atoms with Crippen LogP contribution in [0.4, 0.5) is 5.69 Å². The number of amides is 1. The molecule has 1 heterocycles. The number of phenolic OH excluding ortho intramolecular Hbond substituents is 1. The first-order chi connectivity index (χ1) is 16.3. The Bertz CT molecular complexity index is 1330. The summed E-state index contributed by atoms with van der Waals surface area (Å²) >= 11 is 6.15. The van der Waals surface area contributed by atoms with E-state index in [-0.39, 0.29) is 22.8 Å². The van der Waals surface area contributed by atoms with E-state index in [9.17, 15) is 19.8 Å². The van der Waals surface area contributed by atoms with Crippen LogP contribution in [-0.2, 0) is 9.59 Å². The summed E-state index contributed by atoms with van der Waals surface area (Å²) in [6.07, 6.45) is 0. The lowest BCUT2D eigenvalue weighted by Gasteiger charge is -2.26. The number of nitrogens with zero attached hydrogens (tertiary/aromatic N) is 1. The number of hydrogen-bond donors (Lipinski definition) is 2. The molecule has 34 heavy (non-hydrogen) atoms. The van der Waals surface area contributed by atoms with Gasteiger partial charge in [-0.25, -0.2) is 0 Å². The third-order valence-electron chi connectivity index (χ3n) is 5.72. The van der Waals surface area contributed by atoms with Crippen LogP contribution < -0.4 is 14.4 Å². The number of aliphatic hydroxyl groups excluding tert-OH is 1. The average molecular weight is 480 g/mol. The van der Waals surface area contributed by atoms with Gasteiger partial charge < -0.3 is 19.7 Å². The van der Waals surface area contributed by atoms with E-state index in [4.69, 9.17) is 21.1 Å². The van der Waals surface area contributed by atoms with Crippen LogP contribution in [0.2, 0.25) is 5.02 Å². The highest BCUT2D eigenvalue weighted by Crippen LogP contribution is 2.44. The maximum atomic E-state index is 13.2. The molecule has 0 spiro atoms. The highest BCUT2D eigenvalue weighted by molar-refractivity contribution is 6.51. The Labute approximate surface area is 201 Å². The fourth-order valence-corrected chi connectivity index (χ4v) is 4.28. The molecule has 1 amide bonds. The molecular formula is C26H22ClNO6. The number of anilines is 1. The number of rotatable bonds is 5. The molecule has 8 heteroatoms. The standard InChI is InChI=1S/C26H22ClNO6/c1-14-11-16(8-9-20(14)33-2)24(30)22-23(15-7-10-21(34-3)19(29)12-15)28(26(32)25(22)31)18-6-4-5-17(27)13-18/h4-13,23,29-30H,1-3H3/b24-22-. The molecule has 4 rings (SSSR count). The molecule has 1 aliphatic rings. The van der Waals surface area contributed by atoms with Crippen molar-refractivity contribution in [1.82, 2.24) is 0 Å². The summed E-state index contributed by atoms with van der Waals surface area (Å²) < 4.78 is 10.4. The van der Waals surface area contributed by atoms with E-state index in [1.54, 1.807) is 55.5 Å². The lowest BCUT2D eigenvalue weighted by atomic mass is 9.94. The molecule has 1 aliphatic heterocycles. The number of ether oxygens (including phenoxy) is 2. The van der Waals surface area contributed by atoms with E-state index in [0.717, 1.165) is 5.56 Å². The van der Waals surface area contributed by atoms with Crippen molar-refractivity contribution in [2.24, 2.45) is 0 Å². The van der Waals surface area contributed by atoms with Gasteiger partial charge in [-0.3, -0.25) is 14.5 Å². The number of aromatic hydroxyl groups is 1. The lowest BCUT2D eigenvalue weighted by Crippen LogP contribution is -2.29. The topological polar surface area (TPSA) is 96.3 Å². The van der Waals surface area contributed by atoms with E-state index in [1.807, 2.05) is 0 Å². The van der Waals surface area contributed by atoms with Gasteiger partial charge in [-0.1, -0.05) is 23.7 Å². The highest BCUT2D eigenvalue weighted by Gasteiger charge is 2.47. The second-order valence-corrected chi connectivity index (χ2v) is 8.20. The van der Waals surface area contributed by atoms with Crippen LogP contribution in [0.5, 0.6) is 17.2 Å². The zero-order valence-corrected chi connectivity index (χ0v) is 19.5. The van der Waals surface area contributed by atoms with Gasteiger partial charge >= 0.3 is 0 Å². The van der Waals surface area contributed by atoms with Gasteiger partial charge in [0.25, 0.3) is 11.7 Å². The Balaban J connectivity index is 1.96. The van der Waals surface area contributed by atoms with Crippen molar-refractivity contribution < 1.29 is 29.3 Å². The summed E-state index contributed by atoms with van der Waals surface area (Å²) in [5, 5.41) is 22.0. The molecule has 7 nitrogen and oxygen atoms in total. The van der Waals surface area contributed by atoms with Gasteiger partial charge in [-0.15, -0.1) is 0 Å². The van der Waals surface area contributed by atoms with Crippen LogP contribution in [0.15, 0.2) is 66.2 Å². The summed E-state index contributed by atoms with van der Waals surface area (Å²) in [5.41, 5.74) is 1.77. The van der Waals surface area contributed by atoms with Crippen molar-refractivity contribution in [2.75, 3.05) is 19.1 Å². The second kappa shape index (κ2) is 9.11. The minimum absolute atomic E-state index is 0.112. The Morgan fingerprint density at radius 3 is 2.29 bits per heavy atom. The van der Waals surface area contributed by atoms with Crippen molar-refractivity contribution >= 4 is 34.7 Å². The molecule has 1 saturated heterocycles. The van der Waals surface area contributed by atoms with Gasteiger partial charge in [0, 0.05) is 16.3 Å². The highest BCUT2D eigenvalue weighted by atomic mass is 35.5. The molecule has 1 unspecified atom stereocenters. The molecule has 0 radical (unpaired) electrons. The lowest BCUT2D eigenvalue weighted by molar-refractivity contribution is -0.132. The van der Waals surface area contributed by atoms with Gasteiger partial charge in [0.15, 0.2) is 11.5 Å². The maximum Gasteiger partial charge on any atom is 0.300 e. The molecule has 2 N–H and O–H groups in total. The maximum absolute atomic E-state index is 13.2. The minimum Gasteiger partial charge on any atom is -0.507 e. The summed E-state index contributed by atoms with van der Waals surface area (Å²) in [6.45, 7) is 1.80. The molecule has 3 aromatic carbocycles. The number of aliphatic hydroxyl groups is 1. The first kappa shape index (κ1) is 23.2. The van der Waals surface area contributed by atoms with Gasteiger partial charge in [0.05, 0.1) is 25.8 Å². The van der Waals surface area contributed by atoms with Crippen molar-refractivity contribution in [3.8, 4) is 17.2 Å². The molecule has 3 aromatic rings. The van der Waals surface area contributed by atoms with Crippen LogP contribution in [-0.4, -0.2) is 36.1 Å². The summed E-state index contributed by atoms with van der Waals surface area (Å²) in [5.74, 6) is -1.34. The molecule has 0 aromatic heterocycles. The quantitative estimate of drug-likeness (QED) is 0.304. The molecule has 0 aliphatic carbocycles. The van der Waals surface area contributed by atoms with Crippen molar-refractivity contribution in [3.63, 3.8) is 0 Å². The molecular weight excluding hydrogens is 458 g/mol. The number of methoxy groups -OCH3 is 2. The van der Waals surface area contributed by atoms with Crippen molar-refractivity contribution in [2.45, 2.75) is 13.0 Å². The first-order valence-corrected chi connectivity index (χ1v) is 10.7. The van der Waals surface area contributed by atoms with Crippen molar-refractivity contribution in [3.05, 3.63) is 87.9 Å². The monoisotopic (exact) mass is 479 g/mol. The SMILES string of the molecule is COc1ccc(/C(O)=C2/C(=O)C(=O)N(c3cccc(Cl)c3)C2c2ccc(OC)c(O)c2)cc1C. The number of benzene rings is 3. The van der Waals surface area contributed by atoms with Gasteiger partial charge in [0.1, 0.15) is 11.5 Å². The predicted octanol–water partition coefficient (Wildman–Crippen LogP) is 5.00. The fourth-order valence-electron chi connectivity index (χ4n) is 4.10. The summed E-state index contributed by atoms with van der Waals surface area (Å²) in [4.78, 5) is 27.7. The zero-order valence-electron chi connectivity index (χ0n) is 18.7. The number of ketones is 1. The van der Waals surface area contributed by atoms with E-state index in [1.165, 1.54) is 31.3 Å². The van der Waals surface area contributed by atoms with E-state index in [0.29, 0.717) is 27.6 Å². The number of hydrogen-bond acceptors (Lipinski definition) is 6. The number of Topliss-reactive ketones (excluding diaryl/α,β-unsaturated/α-hetero) is 1. The normalized spacial score (nSPS) is 17.2. The Kier molecular flexibility index (Phi) is 6.22. The number of carbonyl (C=O) groups is 2. The molecule has 0 bridgehead atoms. The first-order valence-electron chi connectivity index (χ1n) is 10.3. The minimum atomic E-state index is -1.02. The van der Waals surface area contributed by atoms with Gasteiger partial charge in [0.2, 0.25) is 0 Å². The Morgan fingerprint density at radius 1 is 0.971 bits per heavy atom. The molecule has 0 saturated carbocycles. The number of halogens is 1. The third kappa shape index (κ3) is 3.95. The van der Waals surface area contributed by atoms with Crippen LogP contribution in [0.3, 0.4) is 0 Å². The van der Waals surface area contributed by atoms with Crippen LogP contribution in [0.25, 0.3) is 5.76 Å². The van der Waals surface area contributed by atoms with E-state index >= 15 is 0 Å². The smallest absolute Gasteiger partial charge is 0.300 e. The molecule has 1 fully saturated rings. The molecule has 174 valence electrons. The number of phenols is 1. The van der Waals surface area contributed by atoms with Crippen LogP contribution in [0.1, 0.15) is 22.7 Å². The van der Waals surface area contributed by atoms with Crippen molar-refractivity contribution in [1.29, 1.82) is 0 Å². The van der Waals surface area contributed by atoms with E-state index in [2.05, 4.69) is 0 Å². The van der Waals surface area contributed by atoms with Gasteiger partial charge in [-0.05, 0) is 66.6 Å². The largest absolute Gasteiger partial charge is 0.507 e. The summed E-state index contributed by atoms with van der Waals surface area (Å²) in [7, 11) is 2.95. The predicted molar refractivity (Wildman–Crippen MR) is 129 cm³/mol. The number of aryl methyl sites for hydroxylation is 1. The second-order valence-electron chi connectivity index (χ2n) is 7.76. The van der Waals surface area contributed by atoms with Crippen LogP contribution in [0, 0.1) is 6.92 Å². The van der Waals surface area contributed by atoms with Crippen LogP contribution >= 0.6 is 11.6 Å². The molecule has 1 atom stereocenters.